The molecule has 0 saturated carbocycles. The van der Waals surface area contributed by atoms with Gasteiger partial charge in [-0.2, -0.15) is 0 Å². The maximum atomic E-state index is 12.4. The average molecular weight is 264 g/mol. The van der Waals surface area contributed by atoms with Gasteiger partial charge in [0.15, 0.2) is 0 Å². The summed E-state index contributed by atoms with van der Waals surface area (Å²) in [5.74, 6) is -0.0161. The monoisotopic (exact) mass is 264 g/mol. The Kier molecular flexibility index (Phi) is 5.32. The van der Waals surface area contributed by atoms with Crippen LogP contribution < -0.4 is 5.32 Å². The molecular weight excluding hydrogens is 244 g/mol. The van der Waals surface area contributed by atoms with Gasteiger partial charge in [-0.3, -0.25) is 4.79 Å². The molecule has 1 heterocycles. The number of aliphatic hydroxyl groups is 1. The highest BCUT2D eigenvalue weighted by molar-refractivity contribution is 5.82. The number of carbonyl (C=O) groups is 1. The zero-order chi connectivity index (χ0) is 13.5. The van der Waals surface area contributed by atoms with Gasteiger partial charge in [0.05, 0.1) is 19.8 Å². The van der Waals surface area contributed by atoms with Crippen LogP contribution in [0.15, 0.2) is 30.3 Å². The van der Waals surface area contributed by atoms with E-state index in [-0.39, 0.29) is 18.6 Å². The van der Waals surface area contributed by atoms with E-state index in [2.05, 4.69) is 5.32 Å². The number of nitrogens with zero attached hydrogens (tertiary/aromatic N) is 1. The molecule has 2 N–H and O–H groups in total. The third-order valence-corrected chi connectivity index (χ3v) is 3.12. The van der Waals surface area contributed by atoms with Gasteiger partial charge in [0.2, 0.25) is 5.91 Å². The fourth-order valence-electron chi connectivity index (χ4n) is 2.14. The van der Waals surface area contributed by atoms with Gasteiger partial charge in [0.1, 0.15) is 6.04 Å². The summed E-state index contributed by atoms with van der Waals surface area (Å²) >= 11 is 0. The lowest BCUT2D eigenvalue weighted by Crippen LogP contribution is -2.52. The number of amides is 1. The van der Waals surface area contributed by atoms with E-state index in [9.17, 15) is 4.79 Å². The van der Waals surface area contributed by atoms with Crippen molar-refractivity contribution in [1.82, 2.24) is 10.2 Å². The molecule has 1 atom stereocenters. The molecule has 1 amide bonds. The van der Waals surface area contributed by atoms with E-state index < -0.39 is 0 Å². The molecule has 1 saturated heterocycles. The van der Waals surface area contributed by atoms with Crippen LogP contribution in [0.25, 0.3) is 0 Å². The summed E-state index contributed by atoms with van der Waals surface area (Å²) in [5, 5.41) is 12.3. The Morgan fingerprint density at radius 2 is 2.21 bits per heavy atom. The quantitative estimate of drug-likeness (QED) is 0.785. The minimum Gasteiger partial charge on any atom is -0.395 e. The molecule has 1 fully saturated rings. The maximum Gasteiger partial charge on any atom is 0.242 e. The number of morpholine rings is 1. The first-order valence-electron chi connectivity index (χ1n) is 6.56. The lowest BCUT2D eigenvalue weighted by atomic mass is 10.2. The first-order valence-corrected chi connectivity index (χ1v) is 6.56. The molecule has 1 aromatic rings. The third-order valence-electron chi connectivity index (χ3n) is 3.12. The summed E-state index contributed by atoms with van der Waals surface area (Å²) in [7, 11) is 0. The minimum atomic E-state index is -0.302. The van der Waals surface area contributed by atoms with Crippen molar-refractivity contribution in [3.63, 3.8) is 0 Å². The molecule has 1 unspecified atom stereocenters. The Bertz CT molecular complexity index is 391. The molecule has 2 rings (SSSR count). The number of nitrogens with one attached hydrogen (secondary N) is 1. The van der Waals surface area contributed by atoms with Crippen LogP contribution in [-0.4, -0.2) is 54.9 Å². The molecule has 1 aliphatic rings. The van der Waals surface area contributed by atoms with Crippen LogP contribution in [0.3, 0.4) is 0 Å². The number of rotatable bonds is 5. The van der Waals surface area contributed by atoms with Crippen molar-refractivity contribution >= 4 is 5.91 Å². The Balaban J connectivity index is 2.00. The summed E-state index contributed by atoms with van der Waals surface area (Å²) in [6.07, 6.45) is 0. The van der Waals surface area contributed by atoms with Crippen molar-refractivity contribution in [3.05, 3.63) is 35.9 Å². The molecule has 0 spiro atoms. The Morgan fingerprint density at radius 1 is 1.42 bits per heavy atom. The predicted octanol–water partition coefficient (Wildman–Crippen LogP) is -0.00410. The Hall–Kier alpha value is -1.43. The molecule has 5 heteroatoms. The first kappa shape index (κ1) is 14.0. The predicted molar refractivity (Wildman–Crippen MR) is 71.6 cm³/mol. The highest BCUT2D eigenvalue weighted by Gasteiger charge is 2.25. The fourth-order valence-corrected chi connectivity index (χ4v) is 2.14. The van der Waals surface area contributed by atoms with Gasteiger partial charge in [0, 0.05) is 19.6 Å². The Morgan fingerprint density at radius 3 is 2.84 bits per heavy atom. The highest BCUT2D eigenvalue weighted by Crippen LogP contribution is 2.07. The fraction of sp³-hybridized carbons (Fsp3) is 0.500. The number of ether oxygens (including phenoxy) is 1. The highest BCUT2D eigenvalue weighted by atomic mass is 16.5. The van der Waals surface area contributed by atoms with Crippen molar-refractivity contribution in [2.45, 2.75) is 12.6 Å². The molecule has 0 bridgehead atoms. The van der Waals surface area contributed by atoms with Crippen molar-refractivity contribution in [1.29, 1.82) is 0 Å². The zero-order valence-electron chi connectivity index (χ0n) is 10.9. The van der Waals surface area contributed by atoms with E-state index >= 15 is 0 Å². The normalized spacial score (nSPS) is 19.1. The van der Waals surface area contributed by atoms with E-state index in [0.29, 0.717) is 32.8 Å². The smallest absolute Gasteiger partial charge is 0.242 e. The van der Waals surface area contributed by atoms with Gasteiger partial charge in [-0.25, -0.2) is 0 Å². The van der Waals surface area contributed by atoms with Gasteiger partial charge in [0.25, 0.3) is 0 Å². The van der Waals surface area contributed by atoms with Crippen molar-refractivity contribution in [2.24, 2.45) is 0 Å². The average Bonchev–Trinajstić information content (AvgIpc) is 2.48. The number of hydrogen-bond acceptors (Lipinski definition) is 4. The van der Waals surface area contributed by atoms with E-state index in [4.69, 9.17) is 9.84 Å². The topological polar surface area (TPSA) is 61.8 Å². The van der Waals surface area contributed by atoms with Crippen LogP contribution in [0.1, 0.15) is 5.56 Å². The molecular formula is C14H20N2O3. The van der Waals surface area contributed by atoms with Crippen LogP contribution in [-0.2, 0) is 16.1 Å². The second-order valence-electron chi connectivity index (χ2n) is 4.55. The van der Waals surface area contributed by atoms with Gasteiger partial charge in [-0.15, -0.1) is 0 Å². The third kappa shape index (κ3) is 4.02. The van der Waals surface area contributed by atoms with Gasteiger partial charge >= 0.3 is 0 Å². The second kappa shape index (κ2) is 7.23. The van der Waals surface area contributed by atoms with Gasteiger partial charge < -0.3 is 20.1 Å². The molecule has 0 aliphatic carbocycles. The summed E-state index contributed by atoms with van der Waals surface area (Å²) in [6, 6.07) is 9.48. The molecule has 0 radical (unpaired) electrons. The summed E-state index contributed by atoms with van der Waals surface area (Å²) in [5.41, 5.74) is 1.06. The molecule has 104 valence electrons. The van der Waals surface area contributed by atoms with Gasteiger partial charge in [-0.1, -0.05) is 30.3 Å². The molecule has 1 aromatic carbocycles. The number of carbonyl (C=O) groups excluding carboxylic acids is 1. The molecule has 19 heavy (non-hydrogen) atoms. The standard InChI is InChI=1S/C14H20N2O3/c17-8-7-16(10-12-4-2-1-3-5-12)14(18)13-11-19-9-6-15-13/h1-5,13,15,17H,6-11H2. The number of aliphatic hydroxyl groups excluding tert-OH is 1. The largest absolute Gasteiger partial charge is 0.395 e. The minimum absolute atomic E-state index is 0.0161. The number of hydrogen-bond donors (Lipinski definition) is 2. The molecule has 1 aliphatic heterocycles. The van der Waals surface area contributed by atoms with Crippen molar-refractivity contribution in [2.75, 3.05) is 32.9 Å². The number of benzene rings is 1. The van der Waals surface area contributed by atoms with E-state index in [1.54, 1.807) is 4.90 Å². The van der Waals surface area contributed by atoms with Crippen molar-refractivity contribution in [3.8, 4) is 0 Å². The summed E-state index contributed by atoms with van der Waals surface area (Å²) < 4.78 is 5.31. The van der Waals surface area contributed by atoms with Gasteiger partial charge in [-0.05, 0) is 5.56 Å². The van der Waals surface area contributed by atoms with Crippen LogP contribution >= 0.6 is 0 Å². The maximum absolute atomic E-state index is 12.4. The Labute approximate surface area is 113 Å². The van der Waals surface area contributed by atoms with E-state index in [0.717, 1.165) is 5.56 Å². The van der Waals surface area contributed by atoms with E-state index in [1.165, 1.54) is 0 Å². The van der Waals surface area contributed by atoms with Crippen LogP contribution in [0.5, 0.6) is 0 Å². The van der Waals surface area contributed by atoms with Crippen LogP contribution in [0, 0.1) is 0 Å². The summed E-state index contributed by atoms with van der Waals surface area (Å²) in [6.45, 7) is 2.54. The molecule has 0 aromatic heterocycles. The SMILES string of the molecule is O=C(C1COCCN1)N(CCO)Cc1ccccc1. The van der Waals surface area contributed by atoms with Crippen molar-refractivity contribution < 1.29 is 14.6 Å². The lowest BCUT2D eigenvalue weighted by molar-refractivity contribution is -0.137. The summed E-state index contributed by atoms with van der Waals surface area (Å²) in [4.78, 5) is 14.0. The molecule has 5 nitrogen and oxygen atoms in total. The zero-order valence-corrected chi connectivity index (χ0v) is 10.9. The van der Waals surface area contributed by atoms with Crippen LogP contribution in [0.2, 0.25) is 0 Å². The van der Waals surface area contributed by atoms with E-state index in [1.807, 2.05) is 30.3 Å². The lowest BCUT2D eigenvalue weighted by Gasteiger charge is -2.29. The first-order chi connectivity index (χ1) is 9.31. The second-order valence-corrected chi connectivity index (χ2v) is 4.55. The van der Waals surface area contributed by atoms with Crippen LogP contribution in [0.4, 0.5) is 0 Å².